The van der Waals surface area contributed by atoms with Gasteiger partial charge in [-0.2, -0.15) is 0 Å². The Morgan fingerprint density at radius 1 is 0.875 bits per heavy atom. The maximum atomic E-state index is 12.3. The Kier molecular flexibility index (Phi) is 8.22. The molecule has 0 fully saturated rings. The van der Waals surface area contributed by atoms with Crippen LogP contribution in [0.2, 0.25) is 0 Å². The minimum atomic E-state index is -1.07. The van der Waals surface area contributed by atoms with Crippen LogP contribution in [0.25, 0.3) is 0 Å². The second-order valence-electron chi connectivity index (χ2n) is 7.13. The number of rotatable bonds is 11. The second-order valence-corrected chi connectivity index (χ2v) is 7.13. The van der Waals surface area contributed by atoms with Crippen molar-refractivity contribution in [2.45, 2.75) is 18.9 Å². The average molecular weight is 434 g/mol. The summed E-state index contributed by atoms with van der Waals surface area (Å²) in [5.74, 6) is 0.668. The third-order valence-corrected chi connectivity index (χ3v) is 4.77. The summed E-state index contributed by atoms with van der Waals surface area (Å²) in [6.45, 7) is 0.433. The lowest BCUT2D eigenvalue weighted by atomic mass is 10.1. The number of carbonyl (C=O) groups is 2. The Morgan fingerprint density at radius 2 is 1.50 bits per heavy atom. The zero-order chi connectivity index (χ0) is 22.8. The van der Waals surface area contributed by atoms with Crippen molar-refractivity contribution in [2.24, 2.45) is 0 Å². The predicted molar refractivity (Wildman–Crippen MR) is 122 cm³/mol. The molecule has 1 atom stereocenters. The number of carboxylic acid groups (broad SMARTS) is 1. The summed E-state index contributed by atoms with van der Waals surface area (Å²) in [7, 11) is 1.60. The molecule has 0 spiro atoms. The quantitative estimate of drug-likeness (QED) is 0.420. The van der Waals surface area contributed by atoms with E-state index in [1.54, 1.807) is 31.4 Å². The molecule has 0 saturated heterocycles. The molecule has 32 heavy (non-hydrogen) atoms. The molecule has 0 aliphatic rings. The lowest BCUT2D eigenvalue weighted by molar-refractivity contribution is -0.141. The zero-order valence-electron chi connectivity index (χ0n) is 17.8. The Bertz CT molecular complexity index is 1000. The largest absolute Gasteiger partial charge is 0.497 e. The average Bonchev–Trinajstić information content (AvgIpc) is 2.81. The number of methoxy groups -OCH3 is 1. The molecule has 0 bridgehead atoms. The molecular weight excluding hydrogens is 408 g/mol. The van der Waals surface area contributed by atoms with Crippen LogP contribution in [-0.4, -0.2) is 36.7 Å². The fraction of sp³-hybridized carbons (Fsp3) is 0.200. The molecule has 3 aromatic carbocycles. The Morgan fingerprint density at radius 3 is 2.12 bits per heavy atom. The van der Waals surface area contributed by atoms with Crippen molar-refractivity contribution in [1.82, 2.24) is 5.32 Å². The van der Waals surface area contributed by atoms with Gasteiger partial charge in [0.15, 0.2) is 0 Å². The van der Waals surface area contributed by atoms with Crippen molar-refractivity contribution in [3.63, 3.8) is 0 Å². The lowest BCUT2D eigenvalue weighted by Gasteiger charge is -2.15. The van der Waals surface area contributed by atoms with Crippen molar-refractivity contribution in [3.05, 3.63) is 84.4 Å². The molecule has 3 aromatic rings. The summed E-state index contributed by atoms with van der Waals surface area (Å²) in [6, 6.07) is 22.9. The number of nitrogens with one attached hydrogen (secondary N) is 2. The standard InChI is InChI=1S/C25H26N2O5/c1-31-20-11-7-18(8-12-20)15-16-26-23(25(29)30)17-24(28)27-19-9-13-22(14-10-19)32-21-5-3-2-4-6-21/h2-14,23,26H,15-17H2,1H3,(H,27,28)(H,29,30)/t23-/m1/s1. The highest BCUT2D eigenvalue weighted by Gasteiger charge is 2.20. The first-order chi connectivity index (χ1) is 15.5. The highest BCUT2D eigenvalue weighted by Crippen LogP contribution is 2.22. The first-order valence-corrected chi connectivity index (χ1v) is 10.3. The summed E-state index contributed by atoms with van der Waals surface area (Å²) < 4.78 is 10.8. The van der Waals surface area contributed by atoms with E-state index in [0.717, 1.165) is 11.3 Å². The number of para-hydroxylation sites is 1. The molecular formula is C25H26N2O5. The molecule has 0 heterocycles. The molecule has 0 aliphatic carbocycles. The van der Waals surface area contributed by atoms with Gasteiger partial charge in [-0.3, -0.25) is 9.59 Å². The van der Waals surface area contributed by atoms with E-state index in [2.05, 4.69) is 10.6 Å². The fourth-order valence-corrected chi connectivity index (χ4v) is 3.06. The molecule has 0 saturated carbocycles. The van der Waals surface area contributed by atoms with Gasteiger partial charge in [-0.1, -0.05) is 30.3 Å². The SMILES string of the molecule is COc1ccc(CCN[C@H](CC(=O)Nc2ccc(Oc3ccccc3)cc2)C(=O)O)cc1. The van der Waals surface area contributed by atoms with Gasteiger partial charge in [-0.25, -0.2) is 0 Å². The Balaban J connectivity index is 1.47. The van der Waals surface area contributed by atoms with E-state index >= 15 is 0 Å². The van der Waals surface area contributed by atoms with E-state index in [0.29, 0.717) is 30.2 Å². The van der Waals surface area contributed by atoms with Gasteiger partial charge in [-0.05, 0) is 67.1 Å². The highest BCUT2D eigenvalue weighted by atomic mass is 16.5. The maximum absolute atomic E-state index is 12.3. The van der Waals surface area contributed by atoms with Crippen LogP contribution in [-0.2, 0) is 16.0 Å². The minimum Gasteiger partial charge on any atom is -0.497 e. The second kappa shape index (κ2) is 11.5. The Labute approximate surface area is 187 Å². The number of hydrogen-bond donors (Lipinski definition) is 3. The van der Waals surface area contributed by atoms with Gasteiger partial charge >= 0.3 is 5.97 Å². The molecule has 166 valence electrons. The van der Waals surface area contributed by atoms with Crippen molar-refractivity contribution < 1.29 is 24.2 Å². The summed E-state index contributed by atoms with van der Waals surface area (Å²) in [5, 5.41) is 15.1. The third kappa shape index (κ3) is 7.14. The Hall–Kier alpha value is -3.84. The molecule has 7 nitrogen and oxygen atoms in total. The number of anilines is 1. The molecule has 3 rings (SSSR count). The number of ether oxygens (including phenoxy) is 2. The monoisotopic (exact) mass is 434 g/mol. The van der Waals surface area contributed by atoms with Crippen LogP contribution in [0.5, 0.6) is 17.2 Å². The van der Waals surface area contributed by atoms with Crippen LogP contribution in [0.3, 0.4) is 0 Å². The number of carbonyl (C=O) groups excluding carboxylic acids is 1. The topological polar surface area (TPSA) is 96.9 Å². The van der Waals surface area contributed by atoms with E-state index in [1.807, 2.05) is 54.6 Å². The number of amides is 1. The van der Waals surface area contributed by atoms with E-state index in [4.69, 9.17) is 9.47 Å². The van der Waals surface area contributed by atoms with E-state index in [1.165, 1.54) is 0 Å². The van der Waals surface area contributed by atoms with Gasteiger partial charge < -0.3 is 25.2 Å². The molecule has 0 aromatic heterocycles. The van der Waals surface area contributed by atoms with Crippen molar-refractivity contribution >= 4 is 17.6 Å². The van der Waals surface area contributed by atoms with Crippen LogP contribution in [0.4, 0.5) is 5.69 Å². The maximum Gasteiger partial charge on any atom is 0.321 e. The summed E-state index contributed by atoms with van der Waals surface area (Å²) in [6.07, 6.45) is 0.457. The van der Waals surface area contributed by atoms with E-state index < -0.39 is 12.0 Å². The van der Waals surface area contributed by atoms with Gasteiger partial charge in [0.25, 0.3) is 0 Å². The lowest BCUT2D eigenvalue weighted by Crippen LogP contribution is -2.40. The van der Waals surface area contributed by atoms with Crippen molar-refractivity contribution in [2.75, 3.05) is 19.0 Å². The predicted octanol–water partition coefficient (Wildman–Crippen LogP) is 4.10. The van der Waals surface area contributed by atoms with Crippen molar-refractivity contribution in [1.29, 1.82) is 0 Å². The normalized spacial score (nSPS) is 11.4. The molecule has 0 aliphatic heterocycles. The smallest absolute Gasteiger partial charge is 0.321 e. The van der Waals surface area contributed by atoms with Crippen LogP contribution in [0.15, 0.2) is 78.9 Å². The van der Waals surface area contributed by atoms with E-state index in [-0.39, 0.29) is 12.3 Å². The first-order valence-electron chi connectivity index (χ1n) is 10.3. The van der Waals surface area contributed by atoms with Gasteiger partial charge in [0, 0.05) is 5.69 Å². The zero-order valence-corrected chi connectivity index (χ0v) is 17.8. The first kappa shape index (κ1) is 22.8. The van der Waals surface area contributed by atoms with Crippen molar-refractivity contribution in [3.8, 4) is 17.2 Å². The molecule has 1 amide bonds. The molecule has 0 unspecified atom stereocenters. The minimum absolute atomic E-state index is 0.180. The number of hydrogen-bond acceptors (Lipinski definition) is 5. The van der Waals surface area contributed by atoms with Crippen LogP contribution < -0.4 is 20.1 Å². The summed E-state index contributed by atoms with van der Waals surface area (Å²) in [5.41, 5.74) is 1.61. The summed E-state index contributed by atoms with van der Waals surface area (Å²) >= 11 is 0. The van der Waals surface area contributed by atoms with Gasteiger partial charge in [-0.15, -0.1) is 0 Å². The molecule has 7 heteroatoms. The van der Waals surface area contributed by atoms with Gasteiger partial charge in [0.2, 0.25) is 5.91 Å². The number of benzene rings is 3. The molecule has 3 N–H and O–H groups in total. The van der Waals surface area contributed by atoms with Crippen LogP contribution in [0, 0.1) is 0 Å². The number of carboxylic acids is 1. The number of aliphatic carboxylic acids is 1. The van der Waals surface area contributed by atoms with Crippen LogP contribution in [0.1, 0.15) is 12.0 Å². The highest BCUT2D eigenvalue weighted by molar-refractivity contribution is 5.94. The van der Waals surface area contributed by atoms with E-state index in [9.17, 15) is 14.7 Å². The van der Waals surface area contributed by atoms with Gasteiger partial charge in [0.1, 0.15) is 23.3 Å². The van der Waals surface area contributed by atoms with Gasteiger partial charge in [0.05, 0.1) is 13.5 Å². The fourth-order valence-electron chi connectivity index (χ4n) is 3.06. The molecule has 0 radical (unpaired) electrons. The summed E-state index contributed by atoms with van der Waals surface area (Å²) in [4.78, 5) is 23.9. The van der Waals surface area contributed by atoms with Crippen LogP contribution >= 0.6 is 0 Å². The third-order valence-electron chi connectivity index (χ3n) is 4.77.